The number of para-hydroxylation sites is 1. The van der Waals surface area contributed by atoms with Gasteiger partial charge in [0.05, 0.1) is 5.69 Å². The van der Waals surface area contributed by atoms with Gasteiger partial charge in [-0.1, -0.05) is 24.3 Å². The van der Waals surface area contributed by atoms with Crippen LogP contribution in [-0.2, 0) is 0 Å². The molecular formula is C17H15ClN2O2. The Morgan fingerprint density at radius 2 is 1.59 bits per heavy atom. The van der Waals surface area contributed by atoms with Crippen LogP contribution in [0, 0.1) is 6.92 Å². The molecular weight excluding hydrogens is 300 g/mol. The molecule has 3 rings (SSSR count). The first-order valence-electron chi connectivity index (χ1n) is 6.66. The molecule has 112 valence electrons. The standard InChI is InChI=1S/C17H14N2O2.ClH/c1-13-12-15(20)19(14-8-4-2-5-9-14)17(21)16(13)18-10-6-3-7-11-18;/h2-12H,1H3;1H. The minimum absolute atomic E-state index is 0. The van der Waals surface area contributed by atoms with Crippen molar-refractivity contribution in [2.45, 2.75) is 6.92 Å². The van der Waals surface area contributed by atoms with Gasteiger partial charge in [0.25, 0.3) is 17.1 Å². The molecule has 2 aromatic heterocycles. The van der Waals surface area contributed by atoms with Gasteiger partial charge in [-0.3, -0.25) is 4.79 Å². The maximum Gasteiger partial charge on any atom is 0.274 e. The highest BCUT2D eigenvalue weighted by molar-refractivity contribution is 5.47. The molecule has 0 aliphatic rings. The molecule has 0 unspecified atom stereocenters. The van der Waals surface area contributed by atoms with Crippen LogP contribution in [0.25, 0.3) is 11.4 Å². The second-order valence-electron chi connectivity index (χ2n) is 4.79. The normalized spacial score (nSPS) is 10.0. The van der Waals surface area contributed by atoms with Crippen molar-refractivity contribution < 1.29 is 22.1 Å². The summed E-state index contributed by atoms with van der Waals surface area (Å²) in [5.41, 5.74) is 1.70. The summed E-state index contributed by atoms with van der Waals surface area (Å²) in [6.07, 6.45) is 3.67. The topological polar surface area (TPSA) is 46.1 Å². The van der Waals surface area contributed by atoms with Crippen LogP contribution >= 0.6 is 0 Å². The fourth-order valence-corrected chi connectivity index (χ4v) is 2.40. The Morgan fingerprint density at radius 1 is 1.00 bits per heavy atom. The highest BCUT2D eigenvalue weighted by Gasteiger charge is 2.21. The van der Waals surface area contributed by atoms with Gasteiger partial charge in [0.15, 0.2) is 12.4 Å². The Bertz CT molecular complexity index is 831. The first kappa shape index (κ1) is 15.8. The molecule has 0 aliphatic heterocycles. The molecule has 0 bridgehead atoms. The van der Waals surface area contributed by atoms with E-state index in [0.717, 1.165) is 5.56 Å². The maximum absolute atomic E-state index is 12.2. The molecule has 2 heterocycles. The average molecular weight is 315 g/mol. The molecule has 3 aromatic rings. The van der Waals surface area contributed by atoms with E-state index in [-0.39, 0.29) is 23.8 Å². The van der Waals surface area contributed by atoms with Crippen LogP contribution in [0.15, 0.2) is 71.8 Å². The lowest BCUT2D eigenvalue weighted by Gasteiger charge is -2.10. The van der Waals surface area contributed by atoms with Gasteiger partial charge < -0.3 is 17.5 Å². The number of benzene rings is 1. The fraction of sp³-hybridized carbons (Fsp3) is 0.0588. The van der Waals surface area contributed by atoms with E-state index >= 15 is 0 Å². The van der Waals surface area contributed by atoms with Gasteiger partial charge in [-0.15, -0.1) is 0 Å². The molecule has 0 amide bonds. The summed E-state index contributed by atoms with van der Waals surface area (Å²) in [4.78, 5) is 12.2. The quantitative estimate of drug-likeness (QED) is 0.625. The van der Waals surface area contributed by atoms with E-state index in [9.17, 15) is 9.90 Å². The Morgan fingerprint density at radius 3 is 2.23 bits per heavy atom. The highest BCUT2D eigenvalue weighted by atomic mass is 35.5. The lowest BCUT2D eigenvalue weighted by atomic mass is 10.2. The Hall–Kier alpha value is -2.59. The minimum atomic E-state index is -0.253. The Labute approximate surface area is 134 Å². The largest absolute Gasteiger partial charge is 1.00 e. The van der Waals surface area contributed by atoms with Crippen molar-refractivity contribution in [3.63, 3.8) is 0 Å². The van der Waals surface area contributed by atoms with Crippen molar-refractivity contribution in [2.24, 2.45) is 0 Å². The molecule has 0 saturated heterocycles. The van der Waals surface area contributed by atoms with Crippen molar-refractivity contribution in [1.82, 2.24) is 4.57 Å². The van der Waals surface area contributed by atoms with Crippen LogP contribution < -0.4 is 22.5 Å². The van der Waals surface area contributed by atoms with E-state index < -0.39 is 0 Å². The first-order chi connectivity index (χ1) is 10.2. The predicted octanol–water partition coefficient (Wildman–Crippen LogP) is -0.868. The molecule has 0 spiro atoms. The third kappa shape index (κ3) is 2.73. The van der Waals surface area contributed by atoms with E-state index in [2.05, 4.69) is 0 Å². The van der Waals surface area contributed by atoms with E-state index in [1.54, 1.807) is 16.7 Å². The molecule has 0 saturated carbocycles. The van der Waals surface area contributed by atoms with Crippen LogP contribution in [0.5, 0.6) is 5.88 Å². The molecule has 1 aromatic carbocycles. The summed E-state index contributed by atoms with van der Waals surface area (Å²) < 4.78 is 3.10. The average Bonchev–Trinajstić information content (AvgIpc) is 2.49. The minimum Gasteiger partial charge on any atom is -1.00 e. The third-order valence-electron chi connectivity index (χ3n) is 3.35. The van der Waals surface area contributed by atoms with Gasteiger partial charge >= 0.3 is 0 Å². The second-order valence-corrected chi connectivity index (χ2v) is 4.79. The lowest BCUT2D eigenvalue weighted by molar-refractivity contribution is -0.597. The van der Waals surface area contributed by atoms with Crippen LogP contribution in [0.1, 0.15) is 5.56 Å². The molecule has 22 heavy (non-hydrogen) atoms. The summed E-state index contributed by atoms with van der Waals surface area (Å²) in [6, 6.07) is 16.3. The zero-order chi connectivity index (χ0) is 14.8. The number of halogens is 1. The van der Waals surface area contributed by atoms with E-state index in [0.29, 0.717) is 11.4 Å². The van der Waals surface area contributed by atoms with Gasteiger partial charge in [0.2, 0.25) is 0 Å². The first-order valence-corrected chi connectivity index (χ1v) is 6.66. The summed E-state index contributed by atoms with van der Waals surface area (Å²) in [5, 5.41) is 10.6. The molecule has 0 atom stereocenters. The zero-order valence-electron chi connectivity index (χ0n) is 12.0. The van der Waals surface area contributed by atoms with Crippen molar-refractivity contribution in [3.8, 4) is 17.3 Å². The zero-order valence-corrected chi connectivity index (χ0v) is 12.7. The highest BCUT2D eigenvalue weighted by Crippen LogP contribution is 2.21. The molecule has 0 radical (unpaired) electrons. The van der Waals surface area contributed by atoms with E-state index in [4.69, 9.17) is 0 Å². The summed E-state index contributed by atoms with van der Waals surface area (Å²) in [6.45, 7) is 1.81. The van der Waals surface area contributed by atoms with Gasteiger partial charge in [-0.2, -0.15) is 4.57 Å². The fourth-order valence-electron chi connectivity index (χ4n) is 2.40. The summed E-state index contributed by atoms with van der Waals surface area (Å²) >= 11 is 0. The van der Waals surface area contributed by atoms with Crippen LogP contribution in [0.3, 0.4) is 0 Å². The van der Waals surface area contributed by atoms with E-state index in [1.807, 2.05) is 55.7 Å². The number of rotatable bonds is 2. The Kier molecular flexibility index (Phi) is 4.63. The van der Waals surface area contributed by atoms with Crippen molar-refractivity contribution >= 4 is 0 Å². The predicted molar refractivity (Wildman–Crippen MR) is 80.0 cm³/mol. The molecule has 4 nitrogen and oxygen atoms in total. The number of hydrogen-bond donors (Lipinski definition) is 1. The SMILES string of the molecule is Cc1cc(=O)n(-c2ccccc2)c(O)c1-[n+]1ccccc1.[Cl-]. The van der Waals surface area contributed by atoms with Crippen LogP contribution in [0.4, 0.5) is 0 Å². The van der Waals surface area contributed by atoms with Crippen LogP contribution in [0.2, 0.25) is 0 Å². The lowest BCUT2D eigenvalue weighted by Crippen LogP contribution is -3.00. The molecule has 1 N–H and O–H groups in total. The van der Waals surface area contributed by atoms with Gasteiger partial charge in [-0.25, -0.2) is 4.57 Å². The monoisotopic (exact) mass is 314 g/mol. The number of hydrogen-bond acceptors (Lipinski definition) is 2. The number of pyridine rings is 2. The Balaban J connectivity index is 0.00000176. The van der Waals surface area contributed by atoms with Crippen molar-refractivity contribution in [3.05, 3.63) is 82.9 Å². The summed E-state index contributed by atoms with van der Waals surface area (Å²) in [7, 11) is 0. The van der Waals surface area contributed by atoms with Gasteiger partial charge in [0, 0.05) is 23.8 Å². The summed E-state index contributed by atoms with van der Waals surface area (Å²) in [5.74, 6) is -0.0672. The van der Waals surface area contributed by atoms with Crippen molar-refractivity contribution in [2.75, 3.05) is 0 Å². The van der Waals surface area contributed by atoms with Gasteiger partial charge in [-0.05, 0) is 19.1 Å². The van der Waals surface area contributed by atoms with Gasteiger partial charge in [0.1, 0.15) is 0 Å². The maximum atomic E-state index is 12.2. The van der Waals surface area contributed by atoms with E-state index in [1.165, 1.54) is 10.6 Å². The number of aromatic nitrogens is 2. The molecule has 5 heteroatoms. The third-order valence-corrected chi connectivity index (χ3v) is 3.35. The molecule has 0 fully saturated rings. The second kappa shape index (κ2) is 6.45. The smallest absolute Gasteiger partial charge is 0.274 e. The van der Waals surface area contributed by atoms with Crippen molar-refractivity contribution in [1.29, 1.82) is 0 Å². The number of aryl methyl sites for hydroxylation is 1. The van der Waals surface area contributed by atoms with Crippen LogP contribution in [-0.4, -0.2) is 9.67 Å². The number of aromatic hydroxyl groups is 1. The molecule has 0 aliphatic carbocycles. The number of nitrogens with zero attached hydrogens (tertiary/aromatic N) is 2.